The summed E-state index contributed by atoms with van der Waals surface area (Å²) in [6.07, 6.45) is 0.899. The minimum Gasteiger partial charge on any atom is -0.483 e. The molecule has 0 saturated carbocycles. The van der Waals surface area contributed by atoms with Crippen molar-refractivity contribution in [2.45, 2.75) is 19.4 Å². The van der Waals surface area contributed by atoms with Crippen LogP contribution in [0.5, 0.6) is 5.75 Å². The van der Waals surface area contributed by atoms with Crippen molar-refractivity contribution in [3.8, 4) is 5.75 Å². The Morgan fingerprint density at radius 1 is 1.04 bits per heavy atom. The highest BCUT2D eigenvalue weighted by Crippen LogP contribution is 2.32. The molecule has 0 bridgehead atoms. The highest BCUT2D eigenvalue weighted by molar-refractivity contribution is 5.97. The van der Waals surface area contributed by atoms with Crippen molar-refractivity contribution in [1.29, 1.82) is 0 Å². The number of hydrogen-bond donors (Lipinski definition) is 0. The van der Waals surface area contributed by atoms with E-state index in [0.29, 0.717) is 0 Å². The van der Waals surface area contributed by atoms with Crippen molar-refractivity contribution in [2.75, 3.05) is 11.5 Å². The molecule has 3 aromatic rings. The maximum atomic E-state index is 12.7. The summed E-state index contributed by atoms with van der Waals surface area (Å²) in [5.74, 6) is 0.752. The van der Waals surface area contributed by atoms with Crippen LogP contribution in [0.1, 0.15) is 12.5 Å². The topological polar surface area (TPSA) is 29.5 Å². The van der Waals surface area contributed by atoms with Gasteiger partial charge in [0.2, 0.25) is 0 Å². The van der Waals surface area contributed by atoms with Gasteiger partial charge in [0.15, 0.2) is 6.61 Å². The summed E-state index contributed by atoms with van der Waals surface area (Å²) in [5.41, 5.74) is 2.24. The fourth-order valence-electron chi connectivity index (χ4n) is 3.48. The number of amides is 1. The van der Waals surface area contributed by atoms with Crippen molar-refractivity contribution in [3.63, 3.8) is 0 Å². The summed E-state index contributed by atoms with van der Waals surface area (Å²) in [5, 5.41) is 2.14. The molecule has 24 heavy (non-hydrogen) atoms. The van der Waals surface area contributed by atoms with Gasteiger partial charge in [-0.05, 0) is 36.4 Å². The van der Waals surface area contributed by atoms with Crippen LogP contribution in [0, 0.1) is 0 Å². The molecule has 0 N–H and O–H groups in total. The maximum Gasteiger partial charge on any atom is 0.265 e. The van der Waals surface area contributed by atoms with Crippen LogP contribution in [0.15, 0.2) is 66.7 Å². The molecule has 120 valence electrons. The van der Waals surface area contributed by atoms with E-state index in [1.54, 1.807) is 0 Å². The van der Waals surface area contributed by atoms with E-state index < -0.39 is 0 Å². The fraction of sp³-hybridized carbons (Fsp3) is 0.190. The summed E-state index contributed by atoms with van der Waals surface area (Å²) in [4.78, 5) is 14.6. The number of carbonyl (C=O) groups excluding carboxylic acids is 1. The van der Waals surface area contributed by atoms with E-state index in [9.17, 15) is 4.79 Å². The van der Waals surface area contributed by atoms with Crippen molar-refractivity contribution < 1.29 is 9.53 Å². The van der Waals surface area contributed by atoms with Gasteiger partial charge in [-0.15, -0.1) is 0 Å². The Balaban J connectivity index is 1.55. The molecule has 0 aliphatic carbocycles. The zero-order chi connectivity index (χ0) is 16.5. The lowest BCUT2D eigenvalue weighted by Crippen LogP contribution is -2.39. The lowest BCUT2D eigenvalue weighted by molar-refractivity contribution is -0.120. The number of anilines is 1. The first-order valence-electron chi connectivity index (χ1n) is 8.24. The third-order valence-corrected chi connectivity index (χ3v) is 4.58. The van der Waals surface area contributed by atoms with E-state index >= 15 is 0 Å². The largest absolute Gasteiger partial charge is 0.483 e. The van der Waals surface area contributed by atoms with Gasteiger partial charge in [-0.25, -0.2) is 0 Å². The average molecular weight is 317 g/mol. The van der Waals surface area contributed by atoms with E-state index in [4.69, 9.17) is 4.74 Å². The molecule has 3 heteroatoms. The summed E-state index contributed by atoms with van der Waals surface area (Å²) < 4.78 is 5.87. The zero-order valence-corrected chi connectivity index (χ0v) is 13.6. The predicted octanol–water partition coefficient (Wildman–Crippen LogP) is 4.20. The molecule has 0 saturated heterocycles. The average Bonchev–Trinajstić information content (AvgIpc) is 2.95. The van der Waals surface area contributed by atoms with Gasteiger partial charge in [-0.1, -0.05) is 54.6 Å². The Morgan fingerprint density at radius 3 is 2.71 bits per heavy atom. The van der Waals surface area contributed by atoms with E-state index in [2.05, 4.69) is 13.0 Å². The fourth-order valence-corrected chi connectivity index (χ4v) is 3.48. The number of benzene rings is 3. The first-order chi connectivity index (χ1) is 11.7. The van der Waals surface area contributed by atoms with Gasteiger partial charge in [0.1, 0.15) is 5.75 Å². The van der Waals surface area contributed by atoms with Crippen LogP contribution in [0.4, 0.5) is 5.69 Å². The van der Waals surface area contributed by atoms with E-state index in [-0.39, 0.29) is 18.6 Å². The molecule has 1 amide bonds. The number of para-hydroxylation sites is 1. The predicted molar refractivity (Wildman–Crippen MR) is 96.5 cm³/mol. The second-order valence-electron chi connectivity index (χ2n) is 6.21. The van der Waals surface area contributed by atoms with Crippen LogP contribution in [0.2, 0.25) is 0 Å². The molecular weight excluding hydrogens is 298 g/mol. The van der Waals surface area contributed by atoms with Gasteiger partial charge in [0.05, 0.1) is 0 Å². The molecule has 0 aromatic heterocycles. The zero-order valence-electron chi connectivity index (χ0n) is 13.6. The van der Waals surface area contributed by atoms with Crippen molar-refractivity contribution in [2.24, 2.45) is 0 Å². The molecule has 0 fully saturated rings. The molecule has 3 aromatic carbocycles. The molecule has 1 atom stereocenters. The Bertz CT molecular complexity index is 898. The number of carbonyl (C=O) groups is 1. The smallest absolute Gasteiger partial charge is 0.265 e. The van der Waals surface area contributed by atoms with Crippen LogP contribution in [-0.4, -0.2) is 18.6 Å². The molecule has 0 unspecified atom stereocenters. The number of ether oxygens (including phenoxy) is 1. The van der Waals surface area contributed by atoms with Crippen molar-refractivity contribution >= 4 is 22.4 Å². The summed E-state index contributed by atoms with van der Waals surface area (Å²) in [7, 11) is 0. The van der Waals surface area contributed by atoms with E-state index in [1.807, 2.05) is 65.6 Å². The second kappa shape index (κ2) is 6.00. The second-order valence-corrected chi connectivity index (χ2v) is 6.21. The van der Waals surface area contributed by atoms with Gasteiger partial charge in [-0.2, -0.15) is 0 Å². The Morgan fingerprint density at radius 2 is 1.79 bits per heavy atom. The van der Waals surface area contributed by atoms with Gasteiger partial charge in [-0.3, -0.25) is 4.79 Å². The highest BCUT2D eigenvalue weighted by atomic mass is 16.5. The SMILES string of the molecule is C[C@H]1Cc2ccccc2N1C(=O)COc1cccc2ccccc12. The first-order valence-corrected chi connectivity index (χ1v) is 8.24. The van der Waals surface area contributed by atoms with Crippen LogP contribution < -0.4 is 9.64 Å². The number of hydrogen-bond acceptors (Lipinski definition) is 2. The lowest BCUT2D eigenvalue weighted by atomic mass is 10.1. The lowest BCUT2D eigenvalue weighted by Gasteiger charge is -2.23. The monoisotopic (exact) mass is 317 g/mol. The van der Waals surface area contributed by atoms with Gasteiger partial charge in [0, 0.05) is 17.1 Å². The van der Waals surface area contributed by atoms with Crippen LogP contribution in [0.3, 0.4) is 0 Å². The number of rotatable bonds is 3. The van der Waals surface area contributed by atoms with E-state index in [1.165, 1.54) is 5.56 Å². The molecule has 3 nitrogen and oxygen atoms in total. The molecule has 1 aliphatic rings. The van der Waals surface area contributed by atoms with Crippen molar-refractivity contribution in [1.82, 2.24) is 0 Å². The summed E-state index contributed by atoms with van der Waals surface area (Å²) in [6, 6.07) is 22.2. The van der Waals surface area contributed by atoms with Gasteiger partial charge < -0.3 is 9.64 Å². The maximum absolute atomic E-state index is 12.7. The number of fused-ring (bicyclic) bond motifs is 2. The quantitative estimate of drug-likeness (QED) is 0.724. The summed E-state index contributed by atoms with van der Waals surface area (Å²) in [6.45, 7) is 2.13. The Labute approximate surface area is 141 Å². The minimum absolute atomic E-state index is 0.000356. The normalized spacial score (nSPS) is 16.2. The van der Waals surface area contributed by atoms with Crippen LogP contribution >= 0.6 is 0 Å². The molecular formula is C21H19NO2. The van der Waals surface area contributed by atoms with Crippen molar-refractivity contribution in [3.05, 3.63) is 72.3 Å². The molecule has 0 radical (unpaired) electrons. The number of nitrogens with zero attached hydrogens (tertiary/aromatic N) is 1. The third-order valence-electron chi connectivity index (χ3n) is 4.58. The Hall–Kier alpha value is -2.81. The standard InChI is InChI=1S/C21H19NO2/c1-15-13-17-8-3-5-11-19(17)22(15)21(23)14-24-20-12-6-9-16-7-2-4-10-18(16)20/h2-12,15H,13-14H2,1H3/t15-/m0/s1. The van der Waals surface area contributed by atoms with E-state index in [0.717, 1.165) is 28.6 Å². The Kier molecular flexibility index (Phi) is 3.69. The summed E-state index contributed by atoms with van der Waals surface area (Å²) >= 11 is 0. The molecule has 1 aliphatic heterocycles. The molecule has 0 spiro atoms. The minimum atomic E-state index is 0.000356. The highest BCUT2D eigenvalue weighted by Gasteiger charge is 2.30. The molecule has 1 heterocycles. The molecule has 4 rings (SSSR count). The van der Waals surface area contributed by atoms with Crippen LogP contribution in [-0.2, 0) is 11.2 Å². The first kappa shape index (κ1) is 14.8. The van der Waals surface area contributed by atoms with Gasteiger partial charge >= 0.3 is 0 Å². The van der Waals surface area contributed by atoms with Gasteiger partial charge in [0.25, 0.3) is 5.91 Å². The third kappa shape index (κ3) is 2.52. The van der Waals surface area contributed by atoms with Crippen LogP contribution in [0.25, 0.3) is 10.8 Å².